The molecule has 0 spiro atoms. The Balaban J connectivity index is 2.38. The van der Waals surface area contributed by atoms with Crippen LogP contribution in [0.15, 0.2) is 29.3 Å². The average molecular weight is 404 g/mol. The van der Waals surface area contributed by atoms with Crippen LogP contribution in [-0.2, 0) is 11.3 Å². The van der Waals surface area contributed by atoms with Crippen LogP contribution in [-0.4, -0.2) is 44.2 Å². The number of hydrogen-bond donors (Lipinski definition) is 3. The second-order valence-electron chi connectivity index (χ2n) is 6.79. The molecular weight excluding hydrogens is 377 g/mol. The largest absolute Gasteiger partial charge is 0.573 e. The summed E-state index contributed by atoms with van der Waals surface area (Å²) < 4.78 is 46.5. The Morgan fingerprint density at radius 3 is 2.32 bits per heavy atom. The first kappa shape index (κ1) is 23.4. The highest BCUT2D eigenvalue weighted by Crippen LogP contribution is 2.25. The molecule has 0 unspecified atom stereocenters. The first-order valence-electron chi connectivity index (χ1n) is 8.75. The zero-order valence-electron chi connectivity index (χ0n) is 16.4. The van der Waals surface area contributed by atoms with Crippen molar-refractivity contribution in [1.29, 1.82) is 0 Å². The molecule has 0 saturated carbocycles. The summed E-state index contributed by atoms with van der Waals surface area (Å²) in [5, 5.41) is 8.57. The van der Waals surface area contributed by atoms with Crippen molar-refractivity contribution in [3.8, 4) is 5.75 Å². The number of hydrogen-bond acceptors (Lipinski definition) is 4. The summed E-state index contributed by atoms with van der Waals surface area (Å²) >= 11 is 0. The Morgan fingerprint density at radius 2 is 1.71 bits per heavy atom. The molecule has 7 nitrogen and oxygen atoms in total. The summed E-state index contributed by atoms with van der Waals surface area (Å²) in [5.74, 6) is 0.151. The van der Waals surface area contributed by atoms with Gasteiger partial charge >= 0.3 is 12.5 Å². The van der Waals surface area contributed by atoms with Crippen LogP contribution in [0.3, 0.4) is 0 Å². The zero-order chi connectivity index (χ0) is 21.2. The number of benzene rings is 1. The lowest BCUT2D eigenvalue weighted by atomic mass is 10.2. The lowest BCUT2D eigenvalue weighted by molar-refractivity contribution is -0.274. The molecule has 3 N–H and O–H groups in total. The van der Waals surface area contributed by atoms with E-state index >= 15 is 0 Å². The number of aliphatic imine (C=N–C) groups is 1. The molecule has 0 aliphatic heterocycles. The minimum Gasteiger partial charge on any atom is -0.444 e. The number of carbonyl (C=O) groups is 1. The Kier molecular flexibility index (Phi) is 8.87. The summed E-state index contributed by atoms with van der Waals surface area (Å²) in [7, 11) is 1.55. The number of carbonyl (C=O) groups excluding carboxylic acids is 1. The van der Waals surface area contributed by atoms with E-state index in [1.807, 2.05) is 0 Å². The number of rotatable bonds is 7. The predicted molar refractivity (Wildman–Crippen MR) is 100 cm³/mol. The van der Waals surface area contributed by atoms with Gasteiger partial charge in [0.15, 0.2) is 5.96 Å². The van der Waals surface area contributed by atoms with Gasteiger partial charge in [-0.2, -0.15) is 0 Å². The van der Waals surface area contributed by atoms with Gasteiger partial charge in [0.25, 0.3) is 0 Å². The predicted octanol–water partition coefficient (Wildman–Crippen LogP) is 3.17. The van der Waals surface area contributed by atoms with Crippen molar-refractivity contribution in [2.75, 3.05) is 20.1 Å². The van der Waals surface area contributed by atoms with Crippen molar-refractivity contribution in [3.05, 3.63) is 29.8 Å². The van der Waals surface area contributed by atoms with Gasteiger partial charge in [0, 0.05) is 32.2 Å². The van der Waals surface area contributed by atoms with Crippen molar-refractivity contribution in [3.63, 3.8) is 0 Å². The van der Waals surface area contributed by atoms with Gasteiger partial charge in [-0.25, -0.2) is 4.79 Å². The number of nitrogens with one attached hydrogen (secondary N) is 3. The van der Waals surface area contributed by atoms with Crippen LogP contribution in [0.4, 0.5) is 18.0 Å². The van der Waals surface area contributed by atoms with Crippen molar-refractivity contribution < 1.29 is 27.4 Å². The molecule has 1 aromatic rings. The van der Waals surface area contributed by atoms with Crippen LogP contribution in [0.5, 0.6) is 5.75 Å². The molecule has 1 rings (SSSR count). The van der Waals surface area contributed by atoms with E-state index in [9.17, 15) is 18.0 Å². The van der Waals surface area contributed by atoms with E-state index in [-0.39, 0.29) is 12.3 Å². The summed E-state index contributed by atoms with van der Waals surface area (Å²) in [6.45, 7) is 6.34. The molecular formula is C18H27F3N4O3. The van der Waals surface area contributed by atoms with Gasteiger partial charge in [0.1, 0.15) is 11.4 Å². The monoisotopic (exact) mass is 404 g/mol. The van der Waals surface area contributed by atoms with Crippen LogP contribution in [0.2, 0.25) is 0 Å². The van der Waals surface area contributed by atoms with Crippen molar-refractivity contribution in [2.24, 2.45) is 4.99 Å². The van der Waals surface area contributed by atoms with E-state index in [0.29, 0.717) is 31.0 Å². The maximum absolute atomic E-state index is 12.5. The van der Waals surface area contributed by atoms with E-state index in [0.717, 1.165) is 0 Å². The number of para-hydroxylation sites is 1. The number of halogens is 3. The second kappa shape index (κ2) is 10.6. The smallest absolute Gasteiger partial charge is 0.444 e. The number of guanidine groups is 1. The molecule has 0 radical (unpaired) electrons. The Bertz CT molecular complexity index is 658. The third-order valence-corrected chi connectivity index (χ3v) is 3.18. The van der Waals surface area contributed by atoms with Crippen LogP contribution < -0.4 is 20.7 Å². The molecule has 10 heteroatoms. The third-order valence-electron chi connectivity index (χ3n) is 3.18. The minimum atomic E-state index is -4.75. The number of alkyl carbamates (subject to hydrolysis) is 1. The maximum Gasteiger partial charge on any atom is 0.573 e. The highest BCUT2D eigenvalue weighted by molar-refractivity contribution is 5.79. The van der Waals surface area contributed by atoms with Gasteiger partial charge < -0.3 is 25.4 Å². The molecule has 158 valence electrons. The van der Waals surface area contributed by atoms with Gasteiger partial charge in [-0.3, -0.25) is 4.99 Å². The molecule has 0 aliphatic carbocycles. The van der Waals surface area contributed by atoms with Gasteiger partial charge in [-0.15, -0.1) is 13.2 Å². The van der Waals surface area contributed by atoms with E-state index in [1.165, 1.54) is 18.2 Å². The summed E-state index contributed by atoms with van der Waals surface area (Å²) in [5.41, 5.74) is -0.213. The summed E-state index contributed by atoms with van der Waals surface area (Å²) in [6.07, 6.45) is -4.64. The van der Waals surface area contributed by atoms with E-state index in [4.69, 9.17) is 4.74 Å². The average Bonchev–Trinajstić information content (AvgIpc) is 2.55. The summed E-state index contributed by atoms with van der Waals surface area (Å²) in [4.78, 5) is 15.5. The van der Waals surface area contributed by atoms with Crippen molar-refractivity contribution in [1.82, 2.24) is 16.0 Å². The molecule has 0 bridgehead atoms. The fraction of sp³-hybridized carbons (Fsp3) is 0.556. The third kappa shape index (κ3) is 10.5. The van der Waals surface area contributed by atoms with Crippen LogP contribution in [0.25, 0.3) is 0 Å². The maximum atomic E-state index is 12.5. The van der Waals surface area contributed by atoms with Crippen molar-refractivity contribution >= 4 is 12.1 Å². The summed E-state index contributed by atoms with van der Waals surface area (Å²) in [6, 6.07) is 5.88. The van der Waals surface area contributed by atoms with Crippen molar-refractivity contribution in [2.45, 2.75) is 45.7 Å². The Hall–Kier alpha value is -2.65. The molecule has 1 amide bonds. The van der Waals surface area contributed by atoms with Gasteiger partial charge in [0.2, 0.25) is 0 Å². The molecule has 1 aromatic carbocycles. The molecule has 28 heavy (non-hydrogen) atoms. The molecule has 0 atom stereocenters. The number of nitrogens with zero attached hydrogens (tertiary/aromatic N) is 1. The standard InChI is InChI=1S/C18H27F3N4O3/c1-17(2,3)28-16(26)24-11-7-10-23-15(22-4)25-12-13-8-5-6-9-14(13)27-18(19,20)21/h5-6,8-9H,7,10-12H2,1-4H3,(H,24,26)(H2,22,23,25). The minimum absolute atomic E-state index is 0.0993. The lowest BCUT2D eigenvalue weighted by Crippen LogP contribution is -2.39. The van der Waals surface area contributed by atoms with E-state index in [1.54, 1.807) is 33.9 Å². The van der Waals surface area contributed by atoms with E-state index < -0.39 is 18.1 Å². The topological polar surface area (TPSA) is 84.0 Å². The first-order valence-corrected chi connectivity index (χ1v) is 8.75. The second-order valence-corrected chi connectivity index (χ2v) is 6.79. The van der Waals surface area contributed by atoms with E-state index in [2.05, 4.69) is 25.7 Å². The Morgan fingerprint density at radius 1 is 1.07 bits per heavy atom. The van der Waals surface area contributed by atoms with Crippen LogP contribution in [0.1, 0.15) is 32.8 Å². The highest BCUT2D eigenvalue weighted by atomic mass is 19.4. The normalized spacial score (nSPS) is 12.3. The molecule has 0 saturated heterocycles. The van der Waals surface area contributed by atoms with Gasteiger partial charge in [-0.1, -0.05) is 18.2 Å². The lowest BCUT2D eigenvalue weighted by Gasteiger charge is -2.19. The quantitative estimate of drug-likeness (QED) is 0.369. The van der Waals surface area contributed by atoms with Gasteiger partial charge in [-0.05, 0) is 33.3 Å². The fourth-order valence-electron chi connectivity index (χ4n) is 2.07. The van der Waals surface area contributed by atoms with Crippen LogP contribution >= 0.6 is 0 Å². The van der Waals surface area contributed by atoms with Crippen LogP contribution in [0, 0.1) is 0 Å². The zero-order valence-corrected chi connectivity index (χ0v) is 16.4. The fourth-order valence-corrected chi connectivity index (χ4v) is 2.07. The number of amides is 1. The molecule has 0 fully saturated rings. The SMILES string of the molecule is CN=C(NCCCNC(=O)OC(C)(C)C)NCc1ccccc1OC(F)(F)F. The Labute approximate surface area is 162 Å². The molecule has 0 heterocycles. The first-order chi connectivity index (χ1) is 13.0. The highest BCUT2D eigenvalue weighted by Gasteiger charge is 2.31. The van der Waals surface area contributed by atoms with Gasteiger partial charge in [0.05, 0.1) is 0 Å². The molecule has 0 aromatic heterocycles. The number of alkyl halides is 3. The number of ether oxygens (including phenoxy) is 2. The molecule has 0 aliphatic rings.